The fourth-order valence-corrected chi connectivity index (χ4v) is 4.75. The molecule has 2 amide bonds. The molecule has 0 atom stereocenters. The van der Waals surface area contributed by atoms with Gasteiger partial charge in [0.1, 0.15) is 11.4 Å². The monoisotopic (exact) mass is 460 g/mol. The molecule has 1 heterocycles. The van der Waals surface area contributed by atoms with Crippen LogP contribution in [0.5, 0.6) is 5.75 Å². The van der Waals surface area contributed by atoms with Gasteiger partial charge in [0.25, 0.3) is 11.8 Å². The Hall–Kier alpha value is -3.61. The number of amides is 2. The standard InChI is InChI=1S/C27H32N4O3/c1-3-8-22-24(26(28)32)25(30-31(22)20-9-4-5-10-20)19-15-13-18(14-16-19)17-29-27(33)21-11-6-7-12-23(21)34-2/h6-7,11-16,20H,3-5,8-10,17H2,1-2H3,(H2,28,32)(H,29,33). The predicted octanol–water partition coefficient (Wildman–Crippen LogP) is 4.66. The van der Waals surface area contributed by atoms with E-state index in [0.717, 1.165) is 42.5 Å². The Morgan fingerprint density at radius 3 is 2.47 bits per heavy atom. The Kier molecular flexibility index (Phi) is 7.30. The molecule has 2 aromatic carbocycles. The van der Waals surface area contributed by atoms with Gasteiger partial charge in [0.05, 0.1) is 30.0 Å². The maximum atomic E-state index is 12.6. The summed E-state index contributed by atoms with van der Waals surface area (Å²) in [6.45, 7) is 2.47. The number of nitrogens with one attached hydrogen (secondary N) is 1. The fraction of sp³-hybridized carbons (Fsp3) is 0.370. The molecule has 3 aromatic rings. The van der Waals surface area contributed by atoms with Crippen LogP contribution < -0.4 is 15.8 Å². The van der Waals surface area contributed by atoms with E-state index in [1.807, 2.05) is 30.3 Å². The third-order valence-electron chi connectivity index (χ3n) is 6.45. The Labute approximate surface area is 200 Å². The topological polar surface area (TPSA) is 99.2 Å². The van der Waals surface area contributed by atoms with Crippen molar-refractivity contribution in [3.05, 3.63) is 70.9 Å². The molecule has 0 bridgehead atoms. The minimum Gasteiger partial charge on any atom is -0.496 e. The van der Waals surface area contributed by atoms with E-state index in [9.17, 15) is 9.59 Å². The number of carbonyl (C=O) groups excluding carboxylic acids is 2. The van der Waals surface area contributed by atoms with Crippen molar-refractivity contribution in [3.63, 3.8) is 0 Å². The summed E-state index contributed by atoms with van der Waals surface area (Å²) in [7, 11) is 1.55. The molecule has 0 spiro atoms. The van der Waals surface area contributed by atoms with Crippen LogP contribution in [0.3, 0.4) is 0 Å². The maximum absolute atomic E-state index is 12.6. The van der Waals surface area contributed by atoms with Gasteiger partial charge in [0.15, 0.2) is 0 Å². The van der Waals surface area contributed by atoms with E-state index < -0.39 is 5.91 Å². The van der Waals surface area contributed by atoms with Crippen molar-refractivity contribution in [1.29, 1.82) is 0 Å². The van der Waals surface area contributed by atoms with E-state index in [4.69, 9.17) is 15.6 Å². The van der Waals surface area contributed by atoms with E-state index in [1.165, 1.54) is 12.8 Å². The third kappa shape index (κ3) is 4.83. The molecule has 1 aromatic heterocycles. The van der Waals surface area contributed by atoms with Crippen molar-refractivity contribution in [3.8, 4) is 17.0 Å². The van der Waals surface area contributed by atoms with Crippen LogP contribution in [-0.2, 0) is 13.0 Å². The number of rotatable bonds is 9. The number of aromatic nitrogens is 2. The van der Waals surface area contributed by atoms with Crippen molar-refractivity contribution in [2.45, 2.75) is 58.0 Å². The Morgan fingerprint density at radius 1 is 1.12 bits per heavy atom. The molecular formula is C27H32N4O3. The summed E-state index contributed by atoms with van der Waals surface area (Å²) < 4.78 is 7.33. The molecule has 34 heavy (non-hydrogen) atoms. The van der Waals surface area contributed by atoms with Gasteiger partial charge in [-0.15, -0.1) is 0 Å². The van der Waals surface area contributed by atoms with Crippen molar-refractivity contribution in [2.24, 2.45) is 5.73 Å². The average Bonchev–Trinajstić information content (AvgIpc) is 3.51. The normalized spacial score (nSPS) is 13.7. The van der Waals surface area contributed by atoms with Gasteiger partial charge in [-0.25, -0.2) is 0 Å². The van der Waals surface area contributed by atoms with Crippen LogP contribution in [-0.4, -0.2) is 28.7 Å². The number of nitrogens with two attached hydrogens (primary N) is 1. The SMILES string of the molecule is CCCc1c(C(N)=O)c(-c2ccc(CNC(=O)c3ccccc3OC)cc2)nn1C1CCCC1. The second kappa shape index (κ2) is 10.5. The first-order valence-corrected chi connectivity index (χ1v) is 11.9. The van der Waals surface area contributed by atoms with Crippen molar-refractivity contribution in [2.75, 3.05) is 7.11 Å². The lowest BCUT2D eigenvalue weighted by Crippen LogP contribution is -2.23. The van der Waals surface area contributed by atoms with Crippen LogP contribution >= 0.6 is 0 Å². The lowest BCUT2D eigenvalue weighted by atomic mass is 10.0. The molecule has 3 N–H and O–H groups in total. The highest BCUT2D eigenvalue weighted by molar-refractivity contribution is 6.00. The summed E-state index contributed by atoms with van der Waals surface area (Å²) in [5.74, 6) is -0.0945. The minimum atomic E-state index is -0.434. The third-order valence-corrected chi connectivity index (χ3v) is 6.45. The zero-order valence-electron chi connectivity index (χ0n) is 19.8. The van der Waals surface area contributed by atoms with Crippen LogP contribution in [0.1, 0.15) is 77.0 Å². The van der Waals surface area contributed by atoms with E-state index >= 15 is 0 Å². The maximum Gasteiger partial charge on any atom is 0.255 e. The molecular weight excluding hydrogens is 428 g/mol. The number of methoxy groups -OCH3 is 1. The largest absolute Gasteiger partial charge is 0.496 e. The number of nitrogens with zero attached hydrogens (tertiary/aromatic N) is 2. The molecule has 0 unspecified atom stereocenters. The highest BCUT2D eigenvalue weighted by atomic mass is 16.5. The number of hydrogen-bond donors (Lipinski definition) is 2. The molecule has 178 valence electrons. The van der Waals surface area contributed by atoms with Crippen molar-refractivity contribution >= 4 is 11.8 Å². The quantitative estimate of drug-likeness (QED) is 0.485. The van der Waals surface area contributed by atoms with Gasteiger partial charge in [-0.3, -0.25) is 14.3 Å². The van der Waals surface area contributed by atoms with Gasteiger partial charge in [-0.1, -0.05) is 62.6 Å². The first-order valence-electron chi connectivity index (χ1n) is 11.9. The van der Waals surface area contributed by atoms with Crippen molar-refractivity contribution in [1.82, 2.24) is 15.1 Å². The van der Waals surface area contributed by atoms with Gasteiger partial charge in [-0.05, 0) is 37.0 Å². The Bertz CT molecular complexity index is 1160. The fourth-order valence-electron chi connectivity index (χ4n) is 4.75. The Morgan fingerprint density at radius 2 is 1.82 bits per heavy atom. The van der Waals surface area contributed by atoms with Gasteiger partial charge in [0.2, 0.25) is 0 Å². The number of primary amides is 1. The predicted molar refractivity (Wildman–Crippen MR) is 132 cm³/mol. The number of hydrogen-bond acceptors (Lipinski definition) is 4. The summed E-state index contributed by atoms with van der Waals surface area (Å²) in [6.07, 6.45) is 6.23. The molecule has 7 nitrogen and oxygen atoms in total. The number of para-hydroxylation sites is 1. The molecule has 1 aliphatic rings. The van der Waals surface area contributed by atoms with E-state index in [0.29, 0.717) is 35.2 Å². The number of benzene rings is 2. The Balaban J connectivity index is 1.56. The number of ether oxygens (including phenoxy) is 1. The zero-order chi connectivity index (χ0) is 24.1. The molecule has 1 aliphatic carbocycles. The average molecular weight is 461 g/mol. The van der Waals surface area contributed by atoms with Gasteiger partial charge in [0, 0.05) is 12.1 Å². The zero-order valence-corrected chi connectivity index (χ0v) is 19.8. The lowest BCUT2D eigenvalue weighted by Gasteiger charge is -2.14. The summed E-state index contributed by atoms with van der Waals surface area (Å²) in [6, 6.07) is 15.2. The molecule has 1 fully saturated rings. The van der Waals surface area contributed by atoms with E-state index in [-0.39, 0.29) is 5.91 Å². The molecule has 0 aliphatic heterocycles. The second-order valence-electron chi connectivity index (χ2n) is 8.75. The highest BCUT2D eigenvalue weighted by Gasteiger charge is 2.27. The molecule has 0 radical (unpaired) electrons. The van der Waals surface area contributed by atoms with E-state index in [2.05, 4.69) is 16.9 Å². The second-order valence-corrected chi connectivity index (χ2v) is 8.75. The van der Waals surface area contributed by atoms with E-state index in [1.54, 1.807) is 25.3 Å². The summed E-state index contributed by atoms with van der Waals surface area (Å²) in [4.78, 5) is 25.0. The van der Waals surface area contributed by atoms with Crippen LogP contribution in [0.15, 0.2) is 48.5 Å². The van der Waals surface area contributed by atoms with Gasteiger partial charge in [-0.2, -0.15) is 5.10 Å². The minimum absolute atomic E-state index is 0.197. The smallest absolute Gasteiger partial charge is 0.255 e. The molecule has 4 rings (SSSR count). The molecule has 1 saturated carbocycles. The highest BCUT2D eigenvalue weighted by Crippen LogP contribution is 2.35. The van der Waals surface area contributed by atoms with Gasteiger partial charge < -0.3 is 15.8 Å². The summed E-state index contributed by atoms with van der Waals surface area (Å²) >= 11 is 0. The summed E-state index contributed by atoms with van der Waals surface area (Å²) in [5.41, 5.74) is 10.2. The molecule has 0 saturated heterocycles. The first-order chi connectivity index (χ1) is 16.5. The van der Waals surface area contributed by atoms with Crippen molar-refractivity contribution < 1.29 is 14.3 Å². The molecule has 7 heteroatoms. The first kappa shape index (κ1) is 23.5. The summed E-state index contributed by atoms with van der Waals surface area (Å²) in [5, 5.41) is 7.83. The number of carbonyl (C=O) groups is 2. The van der Waals surface area contributed by atoms with Gasteiger partial charge >= 0.3 is 0 Å². The van der Waals surface area contributed by atoms with Crippen LogP contribution in [0.2, 0.25) is 0 Å². The van der Waals surface area contributed by atoms with Crippen LogP contribution in [0.4, 0.5) is 0 Å². The van der Waals surface area contributed by atoms with Crippen LogP contribution in [0.25, 0.3) is 11.3 Å². The van der Waals surface area contributed by atoms with Crippen LogP contribution in [0, 0.1) is 0 Å². The lowest BCUT2D eigenvalue weighted by molar-refractivity contribution is 0.0946.